The van der Waals surface area contributed by atoms with Crippen LogP contribution in [0.2, 0.25) is 0 Å². The minimum atomic E-state index is -0.859. The smallest absolute Gasteiger partial charge is 0.314 e. The maximum atomic E-state index is 11.3. The van der Waals surface area contributed by atoms with Gasteiger partial charge in [-0.15, -0.1) is 0 Å². The molecule has 0 aromatic heterocycles. The van der Waals surface area contributed by atoms with E-state index < -0.39 is 11.9 Å². The molecule has 0 saturated heterocycles. The van der Waals surface area contributed by atoms with E-state index in [9.17, 15) is 9.59 Å². The van der Waals surface area contributed by atoms with Crippen LogP contribution in [0.1, 0.15) is 32.6 Å². The molecular weight excluding hydrogens is 208 g/mol. The second-order valence-corrected chi connectivity index (χ2v) is 4.33. The molecule has 1 atom stereocenters. The maximum Gasteiger partial charge on any atom is 0.314 e. The first-order valence-corrected chi connectivity index (χ1v) is 5.88. The molecule has 0 aromatic rings. The molecule has 16 heavy (non-hydrogen) atoms. The lowest BCUT2D eigenvalue weighted by atomic mass is 9.85. The first-order valence-electron chi connectivity index (χ1n) is 5.88. The Hall–Kier alpha value is -1.26. The lowest BCUT2D eigenvalue weighted by Gasteiger charge is -2.25. The van der Waals surface area contributed by atoms with Gasteiger partial charge < -0.3 is 15.7 Å². The van der Waals surface area contributed by atoms with E-state index in [0.29, 0.717) is 18.9 Å². The summed E-state index contributed by atoms with van der Waals surface area (Å²) in [5.74, 6) is -0.733. The average molecular weight is 228 g/mol. The van der Waals surface area contributed by atoms with Crippen molar-refractivity contribution in [2.24, 2.45) is 11.8 Å². The van der Waals surface area contributed by atoms with Gasteiger partial charge in [-0.1, -0.05) is 13.3 Å². The predicted octanol–water partition coefficient (Wildman–Crippen LogP) is 1.20. The second-order valence-electron chi connectivity index (χ2n) is 4.33. The third-order valence-corrected chi connectivity index (χ3v) is 3.13. The molecule has 1 aliphatic rings. The van der Waals surface area contributed by atoms with Crippen LogP contribution in [0.3, 0.4) is 0 Å². The third-order valence-electron chi connectivity index (χ3n) is 3.13. The Morgan fingerprint density at radius 1 is 1.38 bits per heavy atom. The number of carbonyl (C=O) groups excluding carboxylic acids is 1. The zero-order valence-corrected chi connectivity index (χ0v) is 9.66. The minimum absolute atomic E-state index is 0.197. The van der Waals surface area contributed by atoms with Gasteiger partial charge in [0.25, 0.3) is 0 Å². The quantitative estimate of drug-likeness (QED) is 0.639. The van der Waals surface area contributed by atoms with E-state index in [4.69, 9.17) is 5.11 Å². The van der Waals surface area contributed by atoms with Crippen molar-refractivity contribution in [1.82, 2.24) is 10.6 Å². The Kier molecular flexibility index (Phi) is 5.08. The molecule has 0 aliphatic heterocycles. The second kappa shape index (κ2) is 6.35. The Labute approximate surface area is 95.6 Å². The van der Waals surface area contributed by atoms with Crippen molar-refractivity contribution in [1.29, 1.82) is 0 Å². The van der Waals surface area contributed by atoms with E-state index in [2.05, 4.69) is 10.6 Å². The first kappa shape index (κ1) is 12.8. The number of rotatable bonds is 6. The lowest BCUT2D eigenvalue weighted by Crippen LogP contribution is -2.42. The number of carboxylic acids is 1. The van der Waals surface area contributed by atoms with Crippen molar-refractivity contribution in [3.05, 3.63) is 0 Å². The standard InChI is InChI=1S/C11H20N2O3/c1-2-9(10(14)15)7-13-11(16)12-6-8-4-3-5-8/h8-9H,2-7H2,1H3,(H,14,15)(H2,12,13,16). The van der Waals surface area contributed by atoms with Gasteiger partial charge in [-0.05, 0) is 25.2 Å². The van der Waals surface area contributed by atoms with Gasteiger partial charge in [0.15, 0.2) is 0 Å². The molecule has 1 unspecified atom stereocenters. The molecule has 0 spiro atoms. The van der Waals surface area contributed by atoms with E-state index in [-0.39, 0.29) is 12.6 Å². The SMILES string of the molecule is CCC(CNC(=O)NCC1CCC1)C(=O)O. The van der Waals surface area contributed by atoms with Crippen molar-refractivity contribution >= 4 is 12.0 Å². The molecule has 0 radical (unpaired) electrons. The molecule has 3 N–H and O–H groups in total. The summed E-state index contributed by atoms with van der Waals surface area (Å²) in [4.78, 5) is 22.0. The van der Waals surface area contributed by atoms with E-state index in [1.807, 2.05) is 0 Å². The van der Waals surface area contributed by atoms with Gasteiger partial charge in [-0.25, -0.2) is 4.79 Å². The Morgan fingerprint density at radius 3 is 2.50 bits per heavy atom. The number of carboxylic acid groups (broad SMARTS) is 1. The van der Waals surface area contributed by atoms with Crippen LogP contribution in [0.25, 0.3) is 0 Å². The lowest BCUT2D eigenvalue weighted by molar-refractivity contribution is -0.141. The van der Waals surface area contributed by atoms with Gasteiger partial charge in [-0.2, -0.15) is 0 Å². The van der Waals surface area contributed by atoms with Crippen LogP contribution in [0, 0.1) is 11.8 Å². The summed E-state index contributed by atoms with van der Waals surface area (Å²) >= 11 is 0. The van der Waals surface area contributed by atoms with Gasteiger partial charge in [-0.3, -0.25) is 4.79 Å². The van der Waals surface area contributed by atoms with Crippen LogP contribution in [-0.4, -0.2) is 30.2 Å². The van der Waals surface area contributed by atoms with Gasteiger partial charge in [0.05, 0.1) is 5.92 Å². The van der Waals surface area contributed by atoms with E-state index >= 15 is 0 Å². The maximum absolute atomic E-state index is 11.3. The highest BCUT2D eigenvalue weighted by Gasteiger charge is 2.19. The topological polar surface area (TPSA) is 78.4 Å². The van der Waals surface area contributed by atoms with Crippen molar-refractivity contribution < 1.29 is 14.7 Å². The van der Waals surface area contributed by atoms with Crippen LogP contribution in [0.4, 0.5) is 4.79 Å². The molecule has 2 amide bonds. The molecule has 5 nitrogen and oxygen atoms in total. The Balaban J connectivity index is 2.10. The molecular formula is C11H20N2O3. The number of urea groups is 1. The van der Waals surface area contributed by atoms with Gasteiger partial charge in [0.2, 0.25) is 0 Å². The van der Waals surface area contributed by atoms with Crippen LogP contribution in [0.15, 0.2) is 0 Å². The van der Waals surface area contributed by atoms with Crippen molar-refractivity contribution in [3.8, 4) is 0 Å². The fourth-order valence-electron chi connectivity index (χ4n) is 1.62. The summed E-state index contributed by atoms with van der Waals surface area (Å²) < 4.78 is 0. The zero-order valence-electron chi connectivity index (χ0n) is 9.66. The molecule has 0 bridgehead atoms. The van der Waals surface area contributed by atoms with Crippen LogP contribution in [-0.2, 0) is 4.79 Å². The molecule has 1 fully saturated rings. The number of carbonyl (C=O) groups is 2. The molecule has 0 heterocycles. The van der Waals surface area contributed by atoms with Crippen LogP contribution >= 0.6 is 0 Å². The summed E-state index contributed by atoms with van der Waals surface area (Å²) in [6.07, 6.45) is 4.16. The number of aliphatic carboxylic acids is 1. The Bertz CT molecular complexity index is 252. The monoisotopic (exact) mass is 228 g/mol. The fraction of sp³-hybridized carbons (Fsp3) is 0.818. The fourth-order valence-corrected chi connectivity index (χ4v) is 1.62. The van der Waals surface area contributed by atoms with E-state index in [1.54, 1.807) is 6.92 Å². The van der Waals surface area contributed by atoms with Crippen molar-refractivity contribution in [3.63, 3.8) is 0 Å². The molecule has 5 heteroatoms. The number of nitrogens with one attached hydrogen (secondary N) is 2. The van der Waals surface area contributed by atoms with Gasteiger partial charge in [0, 0.05) is 13.1 Å². The molecule has 1 saturated carbocycles. The predicted molar refractivity (Wildman–Crippen MR) is 60.2 cm³/mol. The summed E-state index contributed by atoms with van der Waals surface area (Å²) in [6.45, 7) is 2.70. The minimum Gasteiger partial charge on any atom is -0.481 e. The molecule has 1 aliphatic carbocycles. The molecule has 1 rings (SSSR count). The first-order chi connectivity index (χ1) is 7.63. The summed E-state index contributed by atoms with van der Waals surface area (Å²) in [5.41, 5.74) is 0. The van der Waals surface area contributed by atoms with Crippen LogP contribution in [0.5, 0.6) is 0 Å². The highest BCUT2D eigenvalue weighted by atomic mass is 16.4. The number of amides is 2. The number of hydrogen-bond acceptors (Lipinski definition) is 2. The highest BCUT2D eigenvalue weighted by Crippen LogP contribution is 2.24. The molecule has 0 aromatic carbocycles. The largest absolute Gasteiger partial charge is 0.481 e. The van der Waals surface area contributed by atoms with Gasteiger partial charge >= 0.3 is 12.0 Å². The van der Waals surface area contributed by atoms with Crippen molar-refractivity contribution in [2.75, 3.05) is 13.1 Å². The summed E-state index contributed by atoms with van der Waals surface area (Å²) in [6, 6.07) is -0.258. The van der Waals surface area contributed by atoms with Crippen LogP contribution < -0.4 is 10.6 Å². The normalized spacial score (nSPS) is 17.3. The average Bonchev–Trinajstić information content (AvgIpc) is 2.15. The summed E-state index contributed by atoms with van der Waals surface area (Å²) in [5, 5.41) is 14.1. The highest BCUT2D eigenvalue weighted by molar-refractivity contribution is 5.75. The van der Waals surface area contributed by atoms with Gasteiger partial charge in [0.1, 0.15) is 0 Å². The van der Waals surface area contributed by atoms with E-state index in [0.717, 1.165) is 0 Å². The number of hydrogen-bond donors (Lipinski definition) is 3. The van der Waals surface area contributed by atoms with Crippen molar-refractivity contribution in [2.45, 2.75) is 32.6 Å². The third kappa shape index (κ3) is 4.08. The Morgan fingerprint density at radius 2 is 2.06 bits per heavy atom. The van der Waals surface area contributed by atoms with E-state index in [1.165, 1.54) is 19.3 Å². The molecule has 92 valence electrons. The summed E-state index contributed by atoms with van der Waals surface area (Å²) in [7, 11) is 0. The zero-order chi connectivity index (χ0) is 12.0.